The zero-order valence-electron chi connectivity index (χ0n) is 37.0. The summed E-state index contributed by atoms with van der Waals surface area (Å²) in [5, 5.41) is 125. The number of carboxylic acids is 6. The summed E-state index contributed by atoms with van der Waals surface area (Å²) in [6.07, 6.45) is -2.50. The largest absolute Gasteiger partial charge is 2.00 e. The Balaban J connectivity index is -0.00000113. The molecule has 2 aliphatic rings. The average molecular weight is 1020 g/mol. The zero-order chi connectivity index (χ0) is 46.8. The molecule has 0 aliphatic carbocycles. The van der Waals surface area contributed by atoms with Gasteiger partial charge in [-0.3, -0.25) is 39.2 Å². The number of carboxylic acid groups (broad SMARTS) is 6. The molecule has 2 rings (SSSR count). The van der Waals surface area contributed by atoms with Crippen molar-refractivity contribution in [1.82, 2.24) is 39.2 Å². The number of aliphatic hydroxyl groups excluding tert-OH is 6. The van der Waals surface area contributed by atoms with Crippen molar-refractivity contribution in [3.8, 4) is 0 Å². The molecule has 65 heavy (non-hydrogen) atoms. The first kappa shape index (κ1) is 69.3. The summed E-state index contributed by atoms with van der Waals surface area (Å²) in [6, 6.07) is -1.67. The molecule has 0 bridgehead atoms. The Labute approximate surface area is 467 Å². The summed E-state index contributed by atoms with van der Waals surface area (Å²) < 4.78 is 0. The molecule has 2 heterocycles. The fraction of sp³-hybridized carbons (Fsp3) is 0.833. The van der Waals surface area contributed by atoms with Crippen molar-refractivity contribution < 1.29 is 90.0 Å². The van der Waals surface area contributed by atoms with E-state index in [0.717, 1.165) is 0 Å². The second kappa shape index (κ2) is 39.7. The SMILES string of the molecule is O=C([O-])CN1CCN(CC(=O)[O-])CCN(C(CO)C(O)CO)CCN(CC(=O)[O-])CC1.O=C([O-])CN1CCN(CC(=O)[O-])CCN(C(CO)C(O)CO)CCN(CC(=O)[O-])CC1.[Ca+2].[Ca+2].[Ca+2]. The summed E-state index contributed by atoms with van der Waals surface area (Å²) in [5.41, 5.74) is 0. The van der Waals surface area contributed by atoms with Gasteiger partial charge in [0.15, 0.2) is 0 Å². The molecule has 6 N–H and O–H groups in total. The van der Waals surface area contributed by atoms with Crippen LogP contribution in [-0.2, 0) is 28.8 Å². The van der Waals surface area contributed by atoms with Gasteiger partial charge >= 0.3 is 113 Å². The van der Waals surface area contributed by atoms with E-state index in [2.05, 4.69) is 0 Å². The van der Waals surface area contributed by atoms with Crippen molar-refractivity contribution in [2.24, 2.45) is 0 Å². The number of nitrogens with zero attached hydrogens (tertiary/aromatic N) is 8. The van der Waals surface area contributed by atoms with Crippen LogP contribution in [0, 0.1) is 0 Å². The van der Waals surface area contributed by atoms with Crippen LogP contribution in [0.3, 0.4) is 0 Å². The van der Waals surface area contributed by atoms with Crippen LogP contribution in [0.25, 0.3) is 0 Å². The van der Waals surface area contributed by atoms with Crippen LogP contribution >= 0.6 is 0 Å². The van der Waals surface area contributed by atoms with E-state index in [9.17, 15) is 90.0 Å². The Hall–Kier alpha value is 0.0392. The van der Waals surface area contributed by atoms with Gasteiger partial charge in [0.05, 0.1) is 86.5 Å². The first-order valence-electron chi connectivity index (χ1n) is 20.1. The molecule has 0 aromatic heterocycles. The Morgan fingerprint density at radius 2 is 0.477 bits per heavy atom. The van der Waals surface area contributed by atoms with Crippen LogP contribution in [0.2, 0.25) is 0 Å². The van der Waals surface area contributed by atoms with Crippen LogP contribution in [0.4, 0.5) is 0 Å². The molecule has 0 aromatic rings. The number of aliphatic carboxylic acids is 6. The minimum Gasteiger partial charge on any atom is -0.549 e. The molecule has 29 heteroatoms. The van der Waals surface area contributed by atoms with Crippen molar-refractivity contribution in [1.29, 1.82) is 0 Å². The quantitative estimate of drug-likeness (QED) is 0.0617. The number of carbonyl (C=O) groups is 6. The Kier molecular flexibility index (Phi) is 42.4. The number of rotatable bonds is 20. The van der Waals surface area contributed by atoms with Crippen LogP contribution in [0.15, 0.2) is 0 Å². The normalized spacial score (nSPS) is 20.0. The second-order valence-corrected chi connectivity index (χ2v) is 15.0. The fourth-order valence-corrected chi connectivity index (χ4v) is 7.02. The molecular weight excluding hydrogens is 953 g/mol. The third-order valence-electron chi connectivity index (χ3n) is 10.4. The van der Waals surface area contributed by atoms with Crippen LogP contribution in [0.1, 0.15) is 0 Å². The molecular formula is C36H62Ca3N8O18. The number of hydrogen-bond acceptors (Lipinski definition) is 26. The van der Waals surface area contributed by atoms with Crippen molar-refractivity contribution in [3.05, 3.63) is 0 Å². The van der Waals surface area contributed by atoms with Gasteiger partial charge in [-0.05, 0) is 0 Å². The predicted molar refractivity (Wildman–Crippen MR) is 217 cm³/mol. The van der Waals surface area contributed by atoms with Crippen molar-refractivity contribution in [2.45, 2.75) is 24.3 Å². The zero-order valence-corrected chi connectivity index (χ0v) is 43.6. The van der Waals surface area contributed by atoms with Crippen molar-refractivity contribution in [3.63, 3.8) is 0 Å². The van der Waals surface area contributed by atoms with E-state index < -0.39 is 113 Å². The molecule has 2 fully saturated rings. The van der Waals surface area contributed by atoms with Gasteiger partial charge in [-0.15, -0.1) is 0 Å². The predicted octanol–water partition coefficient (Wildman–Crippen LogP) is -16.8. The van der Waals surface area contributed by atoms with E-state index in [1.165, 1.54) is 9.80 Å². The molecule has 4 atom stereocenters. The van der Waals surface area contributed by atoms with E-state index in [4.69, 9.17) is 0 Å². The molecule has 360 valence electrons. The van der Waals surface area contributed by atoms with Gasteiger partial charge in [-0.1, -0.05) is 0 Å². The fourth-order valence-electron chi connectivity index (χ4n) is 7.02. The van der Waals surface area contributed by atoms with E-state index in [1.807, 2.05) is 0 Å². The van der Waals surface area contributed by atoms with Crippen molar-refractivity contribution >= 4 is 149 Å². The number of hydrogen-bond donors (Lipinski definition) is 6. The topological polar surface area (TPSA) is 388 Å². The monoisotopic (exact) mass is 1010 g/mol. The summed E-state index contributed by atoms with van der Waals surface area (Å²) >= 11 is 0. The van der Waals surface area contributed by atoms with E-state index in [-0.39, 0.29) is 231 Å². The van der Waals surface area contributed by atoms with Crippen LogP contribution in [0.5, 0.6) is 0 Å². The molecule has 2 aliphatic heterocycles. The molecule has 4 unspecified atom stereocenters. The molecule has 0 radical (unpaired) electrons. The van der Waals surface area contributed by atoms with E-state index in [0.29, 0.717) is 0 Å². The molecule has 0 amide bonds. The van der Waals surface area contributed by atoms with E-state index >= 15 is 0 Å². The molecule has 0 aromatic carbocycles. The third-order valence-corrected chi connectivity index (χ3v) is 10.4. The number of carbonyl (C=O) groups excluding carboxylic acids is 6. The Morgan fingerprint density at radius 1 is 0.323 bits per heavy atom. The maximum atomic E-state index is 11.1. The van der Waals surface area contributed by atoms with Crippen molar-refractivity contribution in [2.75, 3.05) is 170 Å². The van der Waals surface area contributed by atoms with Gasteiger partial charge < -0.3 is 90.0 Å². The summed E-state index contributed by atoms with van der Waals surface area (Å²) in [5.74, 6) is -7.84. The first-order chi connectivity index (χ1) is 29.3. The first-order valence-corrected chi connectivity index (χ1v) is 20.1. The molecule has 0 spiro atoms. The maximum absolute atomic E-state index is 11.1. The van der Waals surface area contributed by atoms with Crippen LogP contribution < -0.4 is 30.6 Å². The van der Waals surface area contributed by atoms with Gasteiger partial charge in [-0.25, -0.2) is 0 Å². The number of aliphatic hydroxyl groups is 6. The maximum Gasteiger partial charge on any atom is 2.00 e. The summed E-state index contributed by atoms with van der Waals surface area (Å²) in [7, 11) is 0. The van der Waals surface area contributed by atoms with Gasteiger partial charge in [0.2, 0.25) is 0 Å². The van der Waals surface area contributed by atoms with Gasteiger partial charge in [0.25, 0.3) is 0 Å². The molecule has 26 nitrogen and oxygen atoms in total. The minimum atomic E-state index is -1.31. The second-order valence-electron chi connectivity index (χ2n) is 15.0. The standard InChI is InChI=1S/2C18H34N4O9.3Ca/c2*23-12-14(15(25)13-24)22-7-5-20(10-17(28)29)3-1-19(9-16(26)27)2-4-21(6-8-22)11-18(30)31;;;/h2*14-15,23-25H,1-13H2,(H,26,27)(H,28,29)(H,30,31);;;/q;;3*+2/p-6. The molecule has 2 saturated heterocycles. The Bertz CT molecular complexity index is 1210. The smallest absolute Gasteiger partial charge is 0.549 e. The van der Waals surface area contributed by atoms with Gasteiger partial charge in [0, 0.05) is 144 Å². The minimum absolute atomic E-state index is 0. The summed E-state index contributed by atoms with van der Waals surface area (Å²) in [6.45, 7) is -1.30. The third kappa shape index (κ3) is 31.8. The Morgan fingerprint density at radius 3 is 0.600 bits per heavy atom. The van der Waals surface area contributed by atoms with Gasteiger partial charge in [0.1, 0.15) is 0 Å². The van der Waals surface area contributed by atoms with E-state index in [1.54, 1.807) is 29.4 Å². The average Bonchev–Trinajstić information content (AvgIpc) is 3.18. The molecule has 0 saturated carbocycles. The summed E-state index contributed by atoms with van der Waals surface area (Å²) in [4.78, 5) is 79.1. The van der Waals surface area contributed by atoms with Gasteiger partial charge in [-0.2, -0.15) is 0 Å². The van der Waals surface area contributed by atoms with Crippen LogP contribution in [-0.4, -0.2) is 414 Å².